The molecule has 1 aromatic heterocycles. The van der Waals surface area contributed by atoms with Crippen LogP contribution in [-0.4, -0.2) is 16.9 Å². The number of hydrogen-bond donors (Lipinski definition) is 1. The number of aryl methyl sites for hydroxylation is 1. The maximum atomic E-state index is 6.22. The van der Waals surface area contributed by atoms with Crippen LogP contribution in [0.1, 0.15) is 26.0 Å². The van der Waals surface area contributed by atoms with Crippen LogP contribution >= 0.6 is 0 Å². The van der Waals surface area contributed by atoms with Crippen molar-refractivity contribution in [2.24, 2.45) is 13.0 Å². The normalized spacial score (nSPS) is 12.4. The molecule has 1 heterocycles. The molecule has 0 saturated carbocycles. The maximum absolute atomic E-state index is 6.22. The zero-order valence-electron chi connectivity index (χ0n) is 12.7. The van der Waals surface area contributed by atoms with E-state index < -0.39 is 0 Å². The molecule has 2 rings (SSSR count). The Labute approximate surface area is 120 Å². The molecular weight excluding hydrogens is 250 g/mol. The Kier molecular flexibility index (Phi) is 4.32. The summed E-state index contributed by atoms with van der Waals surface area (Å²) in [6.45, 7) is 4.43. The molecule has 0 spiro atoms. The van der Waals surface area contributed by atoms with E-state index in [1.807, 2.05) is 31.3 Å². The Morgan fingerprint density at radius 2 is 2.05 bits per heavy atom. The van der Waals surface area contributed by atoms with Gasteiger partial charge in [0, 0.05) is 12.6 Å². The van der Waals surface area contributed by atoms with Crippen LogP contribution < -0.4 is 10.5 Å². The van der Waals surface area contributed by atoms with E-state index in [9.17, 15) is 0 Å². The van der Waals surface area contributed by atoms with Gasteiger partial charge in [-0.3, -0.25) is 4.68 Å². The van der Waals surface area contributed by atoms with Crippen LogP contribution in [0, 0.1) is 5.92 Å². The summed E-state index contributed by atoms with van der Waals surface area (Å²) in [6, 6.07) is 7.95. The maximum Gasteiger partial charge on any atom is 0.129 e. The summed E-state index contributed by atoms with van der Waals surface area (Å²) in [4.78, 5) is 0. The first-order chi connectivity index (χ1) is 9.58. The minimum Gasteiger partial charge on any atom is -0.496 e. The highest BCUT2D eigenvalue weighted by Gasteiger charge is 2.19. The fourth-order valence-electron chi connectivity index (χ4n) is 2.36. The van der Waals surface area contributed by atoms with E-state index >= 15 is 0 Å². The molecule has 2 aromatic rings. The van der Waals surface area contributed by atoms with Gasteiger partial charge in [0.2, 0.25) is 0 Å². The fraction of sp³-hybridized carbons (Fsp3) is 0.438. The minimum absolute atomic E-state index is 0.581. The van der Waals surface area contributed by atoms with Gasteiger partial charge in [-0.15, -0.1) is 0 Å². The average Bonchev–Trinajstić information content (AvgIpc) is 2.73. The second kappa shape index (κ2) is 5.99. The van der Waals surface area contributed by atoms with Crippen LogP contribution in [0.15, 0.2) is 24.3 Å². The molecule has 0 aliphatic carbocycles. The van der Waals surface area contributed by atoms with Crippen molar-refractivity contribution in [3.05, 3.63) is 30.0 Å². The fourth-order valence-corrected chi connectivity index (χ4v) is 2.36. The van der Waals surface area contributed by atoms with Crippen LogP contribution in [-0.2, 0) is 13.5 Å². The molecule has 0 aliphatic heterocycles. The molecule has 0 radical (unpaired) electrons. The summed E-state index contributed by atoms with van der Waals surface area (Å²) in [5.74, 6) is 2.10. The lowest BCUT2D eigenvalue weighted by molar-refractivity contribution is 0.416. The molecule has 1 aromatic carbocycles. The molecule has 1 unspecified atom stereocenters. The minimum atomic E-state index is 0.581. The third-order valence-electron chi connectivity index (χ3n) is 3.78. The Balaban J connectivity index is 2.54. The summed E-state index contributed by atoms with van der Waals surface area (Å²) in [5, 5.41) is 4.59. The van der Waals surface area contributed by atoms with Crippen molar-refractivity contribution in [1.29, 1.82) is 0 Å². The number of hydrogen-bond acceptors (Lipinski definition) is 3. The second-order valence-electron chi connectivity index (χ2n) is 5.25. The predicted molar refractivity (Wildman–Crippen MR) is 82.8 cm³/mol. The molecule has 0 fully saturated rings. The van der Waals surface area contributed by atoms with Crippen LogP contribution in [0.2, 0.25) is 0 Å². The number of nitrogens with zero attached hydrogens (tertiary/aromatic N) is 2. The number of anilines is 1. The second-order valence-corrected chi connectivity index (χ2v) is 5.25. The summed E-state index contributed by atoms with van der Waals surface area (Å²) in [6.07, 6.45) is 2.05. The Bertz CT molecular complexity index is 589. The SMILES string of the molecule is CCC(C)Cc1nn(C)c(N)c1-c1ccccc1OC. The molecule has 0 aliphatic rings. The molecule has 0 saturated heterocycles. The number of aromatic nitrogens is 2. The van der Waals surface area contributed by atoms with Crippen LogP contribution in [0.4, 0.5) is 5.82 Å². The summed E-state index contributed by atoms with van der Waals surface area (Å²) in [7, 11) is 3.56. The Hall–Kier alpha value is -1.97. The topological polar surface area (TPSA) is 53.1 Å². The molecule has 4 heteroatoms. The first kappa shape index (κ1) is 14.4. The van der Waals surface area contributed by atoms with E-state index in [2.05, 4.69) is 18.9 Å². The van der Waals surface area contributed by atoms with Gasteiger partial charge in [0.15, 0.2) is 0 Å². The molecular formula is C16H23N3O. The number of ether oxygens (including phenoxy) is 1. The molecule has 20 heavy (non-hydrogen) atoms. The average molecular weight is 273 g/mol. The van der Waals surface area contributed by atoms with Crippen LogP contribution in [0.5, 0.6) is 5.75 Å². The van der Waals surface area contributed by atoms with Crippen LogP contribution in [0.3, 0.4) is 0 Å². The highest BCUT2D eigenvalue weighted by Crippen LogP contribution is 2.36. The third-order valence-corrected chi connectivity index (χ3v) is 3.78. The third kappa shape index (κ3) is 2.64. The number of methoxy groups -OCH3 is 1. The number of rotatable bonds is 5. The van der Waals surface area contributed by atoms with Gasteiger partial charge in [-0.25, -0.2) is 0 Å². The molecule has 4 nitrogen and oxygen atoms in total. The number of nitrogens with two attached hydrogens (primary N) is 1. The highest BCUT2D eigenvalue weighted by molar-refractivity contribution is 5.81. The van der Waals surface area contributed by atoms with Crippen molar-refractivity contribution in [3.8, 4) is 16.9 Å². The van der Waals surface area contributed by atoms with E-state index in [0.717, 1.165) is 35.4 Å². The van der Waals surface area contributed by atoms with Gasteiger partial charge in [0.25, 0.3) is 0 Å². The highest BCUT2D eigenvalue weighted by atomic mass is 16.5. The molecule has 0 amide bonds. The summed E-state index contributed by atoms with van der Waals surface area (Å²) < 4.78 is 7.21. The molecule has 1 atom stereocenters. The van der Waals surface area contributed by atoms with Crippen molar-refractivity contribution in [1.82, 2.24) is 9.78 Å². The van der Waals surface area contributed by atoms with E-state index in [4.69, 9.17) is 10.5 Å². The van der Waals surface area contributed by atoms with Gasteiger partial charge in [-0.1, -0.05) is 38.5 Å². The van der Waals surface area contributed by atoms with Gasteiger partial charge in [-0.2, -0.15) is 5.10 Å². The lowest BCUT2D eigenvalue weighted by atomic mass is 9.96. The number of nitrogen functional groups attached to an aromatic ring is 1. The van der Waals surface area contributed by atoms with Gasteiger partial charge < -0.3 is 10.5 Å². The largest absolute Gasteiger partial charge is 0.496 e. The van der Waals surface area contributed by atoms with Crippen molar-refractivity contribution in [3.63, 3.8) is 0 Å². The summed E-state index contributed by atoms with van der Waals surface area (Å²) in [5.41, 5.74) is 9.28. The lowest BCUT2D eigenvalue weighted by Crippen LogP contribution is -2.01. The number of para-hydroxylation sites is 1. The zero-order valence-corrected chi connectivity index (χ0v) is 12.7. The molecule has 2 N–H and O–H groups in total. The van der Waals surface area contributed by atoms with Gasteiger partial charge in [0.1, 0.15) is 11.6 Å². The zero-order chi connectivity index (χ0) is 14.7. The van der Waals surface area contributed by atoms with Gasteiger partial charge in [0.05, 0.1) is 18.4 Å². The van der Waals surface area contributed by atoms with E-state index in [1.165, 1.54) is 0 Å². The van der Waals surface area contributed by atoms with Crippen molar-refractivity contribution < 1.29 is 4.74 Å². The smallest absolute Gasteiger partial charge is 0.129 e. The summed E-state index contributed by atoms with van der Waals surface area (Å²) >= 11 is 0. The quantitative estimate of drug-likeness (QED) is 0.909. The van der Waals surface area contributed by atoms with Gasteiger partial charge >= 0.3 is 0 Å². The Morgan fingerprint density at radius 3 is 2.70 bits per heavy atom. The van der Waals surface area contributed by atoms with Crippen molar-refractivity contribution in [2.45, 2.75) is 26.7 Å². The van der Waals surface area contributed by atoms with Crippen molar-refractivity contribution >= 4 is 5.82 Å². The molecule has 0 bridgehead atoms. The lowest BCUT2D eigenvalue weighted by Gasteiger charge is -2.11. The predicted octanol–water partition coefficient (Wildman–Crippen LogP) is 3.27. The first-order valence-corrected chi connectivity index (χ1v) is 7.03. The van der Waals surface area contributed by atoms with E-state index in [-0.39, 0.29) is 0 Å². The van der Waals surface area contributed by atoms with E-state index in [1.54, 1.807) is 11.8 Å². The Morgan fingerprint density at radius 1 is 1.35 bits per heavy atom. The van der Waals surface area contributed by atoms with E-state index in [0.29, 0.717) is 11.7 Å². The van der Waals surface area contributed by atoms with Crippen molar-refractivity contribution in [2.75, 3.05) is 12.8 Å². The first-order valence-electron chi connectivity index (χ1n) is 7.03. The van der Waals surface area contributed by atoms with Crippen LogP contribution in [0.25, 0.3) is 11.1 Å². The van der Waals surface area contributed by atoms with Gasteiger partial charge in [-0.05, 0) is 18.4 Å². The molecule has 108 valence electrons. The standard InChI is InChI=1S/C16H23N3O/c1-5-11(2)10-13-15(16(17)19(3)18-13)12-8-6-7-9-14(12)20-4/h6-9,11H,5,10,17H2,1-4H3. The number of benzene rings is 1. The monoisotopic (exact) mass is 273 g/mol.